The highest BCUT2D eigenvalue weighted by Gasteiger charge is 2.18. The third-order valence-electron chi connectivity index (χ3n) is 2.90. The number of amides is 2. The lowest BCUT2D eigenvalue weighted by Gasteiger charge is -2.23. The van der Waals surface area contributed by atoms with Gasteiger partial charge in [-0.15, -0.1) is 0 Å². The molecule has 1 fully saturated rings. The zero-order chi connectivity index (χ0) is 13.7. The second kappa shape index (κ2) is 6.31. The van der Waals surface area contributed by atoms with Gasteiger partial charge in [0.05, 0.1) is 24.5 Å². The summed E-state index contributed by atoms with van der Waals surface area (Å²) in [5, 5.41) is 5.90. The quantitative estimate of drug-likeness (QED) is 0.718. The van der Waals surface area contributed by atoms with Gasteiger partial charge in [0.2, 0.25) is 5.91 Å². The molecule has 1 saturated heterocycles. The van der Waals surface area contributed by atoms with Crippen molar-refractivity contribution in [2.45, 2.75) is 12.5 Å². The Hall–Kier alpha value is -1.92. The van der Waals surface area contributed by atoms with Crippen LogP contribution >= 0.6 is 0 Å². The largest absolute Gasteiger partial charge is 0.378 e. The number of anilines is 1. The summed E-state index contributed by atoms with van der Waals surface area (Å²) in [5.74, 6) is -0.730. The van der Waals surface area contributed by atoms with Crippen molar-refractivity contribution < 1.29 is 14.3 Å². The number of primary amides is 1. The van der Waals surface area contributed by atoms with Crippen LogP contribution in [0.2, 0.25) is 0 Å². The lowest BCUT2D eigenvalue weighted by atomic mass is 10.1. The molecule has 0 aromatic heterocycles. The van der Waals surface area contributed by atoms with Gasteiger partial charge in [-0.1, -0.05) is 12.1 Å². The minimum absolute atomic E-state index is 0.00879. The van der Waals surface area contributed by atoms with Gasteiger partial charge in [0.25, 0.3) is 5.91 Å². The summed E-state index contributed by atoms with van der Waals surface area (Å²) in [5.41, 5.74) is 6.00. The predicted octanol–water partition coefficient (Wildman–Crippen LogP) is 0.102. The molecule has 1 aromatic rings. The molecule has 19 heavy (non-hydrogen) atoms. The summed E-state index contributed by atoms with van der Waals surface area (Å²) >= 11 is 0. The lowest BCUT2D eigenvalue weighted by molar-refractivity contribution is -0.117. The Kier molecular flexibility index (Phi) is 4.48. The number of rotatable bonds is 4. The highest BCUT2D eigenvalue weighted by atomic mass is 16.5. The molecule has 1 aliphatic heterocycles. The van der Waals surface area contributed by atoms with Crippen molar-refractivity contribution in [3.05, 3.63) is 29.8 Å². The molecule has 0 aliphatic carbocycles. The Labute approximate surface area is 111 Å². The number of nitrogens with one attached hydrogen (secondary N) is 2. The second-order valence-electron chi connectivity index (χ2n) is 4.39. The number of hydrogen-bond acceptors (Lipinski definition) is 4. The van der Waals surface area contributed by atoms with Gasteiger partial charge in [0.15, 0.2) is 0 Å². The number of hydrogen-bond donors (Lipinski definition) is 3. The molecule has 1 aromatic carbocycles. The van der Waals surface area contributed by atoms with E-state index in [1.54, 1.807) is 24.3 Å². The zero-order valence-electron chi connectivity index (χ0n) is 10.5. The molecule has 0 saturated carbocycles. The van der Waals surface area contributed by atoms with Crippen LogP contribution in [-0.4, -0.2) is 37.6 Å². The number of para-hydroxylation sites is 1. The van der Waals surface area contributed by atoms with Crippen LogP contribution in [-0.2, 0) is 9.53 Å². The van der Waals surface area contributed by atoms with Gasteiger partial charge in [-0.3, -0.25) is 9.59 Å². The fraction of sp³-hybridized carbons (Fsp3) is 0.385. The highest BCUT2D eigenvalue weighted by molar-refractivity contribution is 6.03. The van der Waals surface area contributed by atoms with E-state index in [-0.39, 0.29) is 11.9 Å². The first-order valence-electron chi connectivity index (χ1n) is 6.16. The molecular weight excluding hydrogens is 246 g/mol. The molecule has 102 valence electrons. The molecule has 0 bridgehead atoms. The van der Waals surface area contributed by atoms with Crippen molar-refractivity contribution in [2.24, 2.45) is 5.73 Å². The first-order chi connectivity index (χ1) is 9.16. The Morgan fingerprint density at radius 3 is 2.89 bits per heavy atom. The molecule has 1 heterocycles. The van der Waals surface area contributed by atoms with Crippen LogP contribution in [0.15, 0.2) is 24.3 Å². The standard InChI is InChI=1S/C13H17N3O3/c14-13(18)10-3-1-2-4-11(10)16-12(17)7-9-8-19-6-5-15-9/h1-4,9,15H,5-8H2,(H2,14,18)(H,16,17). The van der Waals surface area contributed by atoms with E-state index in [4.69, 9.17) is 10.5 Å². The SMILES string of the molecule is NC(=O)c1ccccc1NC(=O)CC1COCCN1. The first-order valence-corrected chi connectivity index (χ1v) is 6.16. The van der Waals surface area contributed by atoms with Crippen molar-refractivity contribution in [1.29, 1.82) is 0 Å². The normalized spacial score (nSPS) is 18.8. The highest BCUT2D eigenvalue weighted by Crippen LogP contribution is 2.14. The molecule has 1 atom stereocenters. The molecule has 2 rings (SSSR count). The summed E-state index contributed by atoms with van der Waals surface area (Å²) in [7, 11) is 0. The summed E-state index contributed by atoms with van der Waals surface area (Å²) < 4.78 is 5.28. The maximum Gasteiger partial charge on any atom is 0.250 e. The van der Waals surface area contributed by atoms with E-state index >= 15 is 0 Å². The Morgan fingerprint density at radius 2 is 2.21 bits per heavy atom. The number of carbonyl (C=O) groups excluding carboxylic acids is 2. The van der Waals surface area contributed by atoms with E-state index in [0.29, 0.717) is 30.9 Å². The second-order valence-corrected chi connectivity index (χ2v) is 4.39. The molecule has 4 N–H and O–H groups in total. The van der Waals surface area contributed by atoms with Crippen LogP contribution in [0.5, 0.6) is 0 Å². The van der Waals surface area contributed by atoms with E-state index in [9.17, 15) is 9.59 Å². The number of benzene rings is 1. The predicted molar refractivity (Wildman–Crippen MR) is 70.8 cm³/mol. The van der Waals surface area contributed by atoms with Crippen molar-refractivity contribution >= 4 is 17.5 Å². The monoisotopic (exact) mass is 263 g/mol. The number of morpholine rings is 1. The fourth-order valence-electron chi connectivity index (χ4n) is 1.98. The molecule has 0 spiro atoms. The topological polar surface area (TPSA) is 93.5 Å². The van der Waals surface area contributed by atoms with Crippen LogP contribution in [0.3, 0.4) is 0 Å². The Morgan fingerprint density at radius 1 is 1.42 bits per heavy atom. The Balaban J connectivity index is 1.96. The van der Waals surface area contributed by atoms with Crippen molar-refractivity contribution in [3.8, 4) is 0 Å². The minimum Gasteiger partial charge on any atom is -0.378 e. The minimum atomic E-state index is -0.560. The smallest absolute Gasteiger partial charge is 0.250 e. The average Bonchev–Trinajstić information content (AvgIpc) is 2.40. The molecule has 6 heteroatoms. The third-order valence-corrected chi connectivity index (χ3v) is 2.90. The maximum absolute atomic E-state index is 11.9. The first kappa shape index (κ1) is 13.5. The molecule has 0 radical (unpaired) electrons. The lowest BCUT2D eigenvalue weighted by Crippen LogP contribution is -2.43. The number of ether oxygens (including phenoxy) is 1. The summed E-state index contributed by atoms with van der Waals surface area (Å²) in [6, 6.07) is 6.69. The van der Waals surface area contributed by atoms with Crippen molar-refractivity contribution in [2.75, 3.05) is 25.1 Å². The van der Waals surface area contributed by atoms with Gasteiger partial charge >= 0.3 is 0 Å². The van der Waals surface area contributed by atoms with E-state index < -0.39 is 5.91 Å². The van der Waals surface area contributed by atoms with Gasteiger partial charge in [0, 0.05) is 19.0 Å². The van der Waals surface area contributed by atoms with E-state index in [0.717, 1.165) is 6.54 Å². The van der Waals surface area contributed by atoms with Crippen LogP contribution in [0.25, 0.3) is 0 Å². The van der Waals surface area contributed by atoms with Gasteiger partial charge in [-0.2, -0.15) is 0 Å². The van der Waals surface area contributed by atoms with E-state index in [1.165, 1.54) is 0 Å². The fourth-order valence-corrected chi connectivity index (χ4v) is 1.98. The molecule has 6 nitrogen and oxygen atoms in total. The van der Waals surface area contributed by atoms with Gasteiger partial charge in [0.1, 0.15) is 0 Å². The number of nitrogens with two attached hydrogens (primary N) is 1. The third kappa shape index (κ3) is 3.77. The van der Waals surface area contributed by atoms with Crippen LogP contribution in [0, 0.1) is 0 Å². The van der Waals surface area contributed by atoms with Gasteiger partial charge in [-0.05, 0) is 12.1 Å². The number of carbonyl (C=O) groups is 2. The maximum atomic E-state index is 11.9. The molecule has 1 unspecified atom stereocenters. The van der Waals surface area contributed by atoms with Crippen LogP contribution in [0.1, 0.15) is 16.8 Å². The summed E-state index contributed by atoms with van der Waals surface area (Å²) in [6.45, 7) is 1.93. The Bertz CT molecular complexity index is 470. The average molecular weight is 263 g/mol. The van der Waals surface area contributed by atoms with Crippen LogP contribution < -0.4 is 16.4 Å². The van der Waals surface area contributed by atoms with Crippen LogP contribution in [0.4, 0.5) is 5.69 Å². The van der Waals surface area contributed by atoms with Gasteiger partial charge in [-0.25, -0.2) is 0 Å². The van der Waals surface area contributed by atoms with Gasteiger partial charge < -0.3 is 21.1 Å². The van der Waals surface area contributed by atoms with Crippen molar-refractivity contribution in [3.63, 3.8) is 0 Å². The molecule has 1 aliphatic rings. The van der Waals surface area contributed by atoms with Crippen molar-refractivity contribution in [1.82, 2.24) is 5.32 Å². The summed E-state index contributed by atoms with van der Waals surface area (Å²) in [6.07, 6.45) is 0.299. The molecule has 2 amide bonds. The summed E-state index contributed by atoms with van der Waals surface area (Å²) in [4.78, 5) is 23.1. The molecular formula is C13H17N3O3. The zero-order valence-corrected chi connectivity index (χ0v) is 10.5. The van der Waals surface area contributed by atoms with E-state index in [2.05, 4.69) is 10.6 Å². The van der Waals surface area contributed by atoms with E-state index in [1.807, 2.05) is 0 Å².